The molecule has 0 radical (unpaired) electrons. The Labute approximate surface area is 111 Å². The Morgan fingerprint density at radius 1 is 1.28 bits per heavy atom. The van der Waals surface area contributed by atoms with E-state index in [1.165, 1.54) is 30.6 Å². The largest absolute Gasteiger partial charge is 0.508 e. The van der Waals surface area contributed by atoms with Gasteiger partial charge >= 0.3 is 0 Å². The number of anilines is 1. The third-order valence-corrected chi connectivity index (χ3v) is 2.88. The molecule has 2 aromatic rings. The summed E-state index contributed by atoms with van der Waals surface area (Å²) in [5.74, 6) is -0.808. The Bertz CT molecular complexity index is 602. The van der Waals surface area contributed by atoms with Crippen molar-refractivity contribution in [3.05, 3.63) is 46.7 Å². The van der Waals surface area contributed by atoms with Crippen molar-refractivity contribution in [2.45, 2.75) is 0 Å². The fourth-order valence-corrected chi connectivity index (χ4v) is 1.72. The van der Waals surface area contributed by atoms with E-state index in [0.717, 1.165) is 0 Å². The van der Waals surface area contributed by atoms with E-state index in [1.54, 1.807) is 6.07 Å². The third-order valence-electron chi connectivity index (χ3n) is 2.25. The number of hydrogen-bond acceptors (Lipinski definition) is 4. The minimum absolute atomic E-state index is 0.00119. The van der Waals surface area contributed by atoms with Crippen LogP contribution in [-0.2, 0) is 0 Å². The molecular formula is C12H9BrN2O3. The van der Waals surface area contributed by atoms with Crippen molar-refractivity contribution in [1.29, 1.82) is 0 Å². The van der Waals surface area contributed by atoms with E-state index >= 15 is 0 Å². The van der Waals surface area contributed by atoms with E-state index in [0.29, 0.717) is 10.2 Å². The zero-order valence-electron chi connectivity index (χ0n) is 9.09. The number of rotatable bonds is 2. The lowest BCUT2D eigenvalue weighted by atomic mass is 10.1. The first-order valence-corrected chi connectivity index (χ1v) is 5.80. The molecule has 3 N–H and O–H groups in total. The minimum Gasteiger partial charge on any atom is -0.508 e. The van der Waals surface area contributed by atoms with Crippen LogP contribution in [0.25, 0.3) is 0 Å². The molecule has 5 nitrogen and oxygen atoms in total. The van der Waals surface area contributed by atoms with Crippen LogP contribution in [0.4, 0.5) is 5.69 Å². The van der Waals surface area contributed by atoms with Crippen LogP contribution < -0.4 is 5.32 Å². The molecule has 18 heavy (non-hydrogen) atoms. The van der Waals surface area contributed by atoms with Crippen LogP contribution in [0.3, 0.4) is 0 Å². The molecule has 0 fully saturated rings. The Balaban J connectivity index is 2.28. The van der Waals surface area contributed by atoms with Gasteiger partial charge < -0.3 is 15.5 Å². The average Bonchev–Trinajstić information content (AvgIpc) is 2.35. The van der Waals surface area contributed by atoms with E-state index in [-0.39, 0.29) is 17.1 Å². The first-order chi connectivity index (χ1) is 8.58. The molecule has 2 rings (SSSR count). The number of nitrogens with zero attached hydrogens (tertiary/aromatic N) is 1. The van der Waals surface area contributed by atoms with Gasteiger partial charge in [0.25, 0.3) is 5.91 Å². The normalized spacial score (nSPS) is 10.1. The van der Waals surface area contributed by atoms with E-state index in [4.69, 9.17) is 0 Å². The lowest BCUT2D eigenvalue weighted by Crippen LogP contribution is -2.12. The quantitative estimate of drug-likeness (QED) is 0.744. The zero-order chi connectivity index (χ0) is 13.1. The van der Waals surface area contributed by atoms with E-state index in [2.05, 4.69) is 26.2 Å². The van der Waals surface area contributed by atoms with Crippen molar-refractivity contribution >= 4 is 27.5 Å². The second kappa shape index (κ2) is 5.05. The summed E-state index contributed by atoms with van der Waals surface area (Å²) in [6.45, 7) is 0. The van der Waals surface area contributed by atoms with Crippen LogP contribution >= 0.6 is 15.9 Å². The zero-order valence-corrected chi connectivity index (χ0v) is 10.7. The summed E-state index contributed by atoms with van der Waals surface area (Å²) in [5, 5.41) is 21.5. The van der Waals surface area contributed by atoms with Crippen molar-refractivity contribution in [3.8, 4) is 11.5 Å². The van der Waals surface area contributed by atoms with Crippen molar-refractivity contribution in [3.63, 3.8) is 0 Å². The van der Waals surface area contributed by atoms with E-state index < -0.39 is 5.91 Å². The summed E-state index contributed by atoms with van der Waals surface area (Å²) in [6, 6.07) is 5.36. The maximum absolute atomic E-state index is 11.9. The van der Waals surface area contributed by atoms with Gasteiger partial charge in [-0.2, -0.15) is 0 Å². The fourth-order valence-electron chi connectivity index (χ4n) is 1.37. The van der Waals surface area contributed by atoms with Crippen molar-refractivity contribution in [2.75, 3.05) is 5.32 Å². The number of aromatic nitrogens is 1. The Kier molecular flexibility index (Phi) is 3.47. The van der Waals surface area contributed by atoms with Crippen LogP contribution in [0.2, 0.25) is 0 Å². The van der Waals surface area contributed by atoms with Crippen LogP contribution in [0.5, 0.6) is 11.5 Å². The summed E-state index contributed by atoms with van der Waals surface area (Å²) in [7, 11) is 0. The summed E-state index contributed by atoms with van der Waals surface area (Å²) in [6.07, 6.45) is 3.07. The minimum atomic E-state index is -0.518. The number of nitrogens with one attached hydrogen (secondary N) is 1. The summed E-state index contributed by atoms with van der Waals surface area (Å²) in [5.41, 5.74) is 0.524. The number of phenolic OH excluding ortho intramolecular Hbond substituents is 2. The van der Waals surface area contributed by atoms with Gasteiger partial charge in [-0.15, -0.1) is 0 Å². The Morgan fingerprint density at radius 2 is 2.06 bits per heavy atom. The lowest BCUT2D eigenvalue weighted by Gasteiger charge is -2.08. The Morgan fingerprint density at radius 3 is 2.78 bits per heavy atom. The van der Waals surface area contributed by atoms with Crippen LogP contribution in [-0.4, -0.2) is 21.1 Å². The van der Waals surface area contributed by atoms with Gasteiger partial charge in [-0.05, 0) is 40.2 Å². The molecule has 0 aliphatic rings. The first kappa shape index (κ1) is 12.4. The molecule has 0 atom stereocenters. The van der Waals surface area contributed by atoms with E-state index in [1.807, 2.05) is 0 Å². The number of hydrogen-bond donors (Lipinski definition) is 3. The van der Waals surface area contributed by atoms with Gasteiger partial charge in [0.2, 0.25) is 0 Å². The van der Waals surface area contributed by atoms with E-state index in [9.17, 15) is 15.0 Å². The second-order valence-corrected chi connectivity index (χ2v) is 4.37. The van der Waals surface area contributed by atoms with Crippen LogP contribution in [0.1, 0.15) is 10.4 Å². The molecule has 92 valence electrons. The molecule has 0 unspecified atom stereocenters. The predicted octanol–water partition coefficient (Wildman–Crippen LogP) is 2.51. The summed E-state index contributed by atoms with van der Waals surface area (Å²) in [4.78, 5) is 15.8. The molecular weight excluding hydrogens is 300 g/mol. The number of aromatic hydroxyl groups is 2. The highest BCUT2D eigenvalue weighted by molar-refractivity contribution is 9.10. The van der Waals surface area contributed by atoms with Crippen molar-refractivity contribution in [1.82, 2.24) is 4.98 Å². The molecule has 1 amide bonds. The van der Waals surface area contributed by atoms with Gasteiger partial charge in [0.15, 0.2) is 0 Å². The van der Waals surface area contributed by atoms with Gasteiger partial charge in [0.1, 0.15) is 11.5 Å². The SMILES string of the molecule is O=C(Nc1ccncc1Br)c1cc(O)ccc1O. The Hall–Kier alpha value is -2.08. The number of pyridine rings is 1. The van der Waals surface area contributed by atoms with Gasteiger partial charge in [0.05, 0.1) is 15.7 Å². The molecule has 1 aromatic heterocycles. The monoisotopic (exact) mass is 308 g/mol. The number of phenols is 2. The predicted molar refractivity (Wildman–Crippen MR) is 69.7 cm³/mol. The highest BCUT2D eigenvalue weighted by atomic mass is 79.9. The van der Waals surface area contributed by atoms with Gasteiger partial charge in [-0.25, -0.2) is 0 Å². The summed E-state index contributed by atoms with van der Waals surface area (Å²) >= 11 is 3.24. The molecule has 1 aromatic carbocycles. The third kappa shape index (κ3) is 2.60. The lowest BCUT2D eigenvalue weighted by molar-refractivity contribution is 0.102. The molecule has 0 spiro atoms. The van der Waals surface area contributed by atoms with Crippen LogP contribution in [0, 0.1) is 0 Å². The van der Waals surface area contributed by atoms with Crippen molar-refractivity contribution < 1.29 is 15.0 Å². The van der Waals surface area contributed by atoms with Gasteiger partial charge in [0, 0.05) is 12.4 Å². The molecule has 0 bridgehead atoms. The summed E-state index contributed by atoms with van der Waals surface area (Å²) < 4.78 is 0.623. The van der Waals surface area contributed by atoms with Gasteiger partial charge in [-0.3, -0.25) is 9.78 Å². The van der Waals surface area contributed by atoms with Gasteiger partial charge in [-0.1, -0.05) is 0 Å². The molecule has 6 heteroatoms. The topological polar surface area (TPSA) is 82.5 Å². The highest BCUT2D eigenvalue weighted by Crippen LogP contribution is 2.25. The highest BCUT2D eigenvalue weighted by Gasteiger charge is 2.13. The number of amides is 1. The molecule has 0 aliphatic heterocycles. The van der Waals surface area contributed by atoms with Crippen LogP contribution in [0.15, 0.2) is 41.1 Å². The van der Waals surface area contributed by atoms with Crippen molar-refractivity contribution in [2.24, 2.45) is 0 Å². The maximum Gasteiger partial charge on any atom is 0.259 e. The number of carbonyl (C=O) groups is 1. The maximum atomic E-state index is 11.9. The number of benzene rings is 1. The average molecular weight is 309 g/mol. The molecule has 1 heterocycles. The second-order valence-electron chi connectivity index (χ2n) is 3.51. The number of carbonyl (C=O) groups excluding carboxylic acids is 1. The smallest absolute Gasteiger partial charge is 0.259 e. The molecule has 0 aliphatic carbocycles. The number of halogens is 1. The fraction of sp³-hybridized carbons (Fsp3) is 0. The first-order valence-electron chi connectivity index (χ1n) is 5.01. The molecule has 0 saturated carbocycles. The standard InChI is InChI=1S/C12H9BrN2O3/c13-9-6-14-4-3-10(9)15-12(18)8-5-7(16)1-2-11(8)17/h1-6,16-17H,(H,14,15,18). The molecule has 0 saturated heterocycles.